The molecule has 152 valence electrons. The number of ether oxygens (including phenoxy) is 1. The standard InChI is InChI=1S/C19H18N8O3/c1-10(13-4-2-3-7-20-13)30-19-24-15-11(8-14-16(28)25-18(29)23-14)9-21-27(15)17(26-19)22-12-5-6-12/h2-4,7-10,12,28H,5-6H2,1H3,(H2,23,25,29). The third-order valence-electron chi connectivity index (χ3n) is 4.62. The second-order valence-electron chi connectivity index (χ2n) is 7.00. The van der Waals surface area contributed by atoms with Crippen LogP contribution in [0.4, 0.5) is 0 Å². The molecule has 4 aromatic rings. The Morgan fingerprint density at radius 3 is 2.90 bits per heavy atom. The number of aromatic hydroxyl groups is 1. The van der Waals surface area contributed by atoms with Gasteiger partial charge in [0.15, 0.2) is 5.65 Å². The van der Waals surface area contributed by atoms with E-state index in [1.165, 1.54) is 4.52 Å². The molecule has 4 heterocycles. The van der Waals surface area contributed by atoms with E-state index < -0.39 is 5.69 Å². The predicted molar refractivity (Wildman–Crippen MR) is 105 cm³/mol. The number of aromatic nitrogens is 7. The van der Waals surface area contributed by atoms with Gasteiger partial charge in [0.1, 0.15) is 11.8 Å². The Morgan fingerprint density at radius 1 is 1.33 bits per heavy atom. The minimum atomic E-state index is -0.512. The first-order valence-corrected chi connectivity index (χ1v) is 9.47. The van der Waals surface area contributed by atoms with Crippen LogP contribution in [0.5, 0.6) is 11.9 Å². The zero-order valence-corrected chi connectivity index (χ0v) is 16.0. The van der Waals surface area contributed by atoms with Gasteiger partial charge in [-0.15, -0.1) is 0 Å². The number of imidazole rings is 1. The monoisotopic (exact) mass is 406 g/mol. The minimum absolute atomic E-state index is 0.141. The summed E-state index contributed by atoms with van der Waals surface area (Å²) in [6.45, 7) is 1.86. The zero-order valence-electron chi connectivity index (χ0n) is 16.0. The van der Waals surface area contributed by atoms with E-state index in [0.717, 1.165) is 18.5 Å². The highest BCUT2D eigenvalue weighted by Gasteiger charge is 2.21. The van der Waals surface area contributed by atoms with Crippen molar-refractivity contribution >= 4 is 11.7 Å². The van der Waals surface area contributed by atoms with Gasteiger partial charge in [0.05, 0.1) is 17.9 Å². The molecule has 0 aliphatic heterocycles. The average Bonchev–Trinajstić information content (AvgIpc) is 3.37. The van der Waals surface area contributed by atoms with Crippen molar-refractivity contribution in [2.75, 3.05) is 0 Å². The van der Waals surface area contributed by atoms with Crippen LogP contribution < -0.4 is 21.3 Å². The second kappa shape index (κ2) is 7.10. The Kier molecular flexibility index (Phi) is 4.27. The van der Waals surface area contributed by atoms with E-state index in [-0.39, 0.29) is 29.7 Å². The number of nitrogens with zero attached hydrogens (tertiary/aromatic N) is 6. The van der Waals surface area contributed by atoms with Crippen LogP contribution in [0, 0.1) is 0 Å². The number of aromatic amines is 2. The number of pyridine rings is 1. The molecular formula is C19H18N8O3. The molecule has 3 N–H and O–H groups in total. The van der Waals surface area contributed by atoms with Gasteiger partial charge < -0.3 is 14.8 Å². The van der Waals surface area contributed by atoms with E-state index in [1.54, 1.807) is 18.5 Å². The van der Waals surface area contributed by atoms with E-state index >= 15 is 0 Å². The number of nitrogens with one attached hydrogen (secondary N) is 2. The fourth-order valence-corrected chi connectivity index (χ4v) is 2.95. The van der Waals surface area contributed by atoms with Crippen LogP contribution >= 0.6 is 0 Å². The zero-order chi connectivity index (χ0) is 20.7. The maximum atomic E-state index is 11.4. The van der Waals surface area contributed by atoms with Crippen molar-refractivity contribution in [3.8, 4) is 11.9 Å². The lowest BCUT2D eigenvalue weighted by molar-refractivity contribution is 0.201. The van der Waals surface area contributed by atoms with E-state index in [0.29, 0.717) is 16.5 Å². The fraction of sp³-hybridized carbons (Fsp3) is 0.263. The largest absolute Gasteiger partial charge is 0.493 e. The summed E-state index contributed by atoms with van der Waals surface area (Å²) in [5.41, 5.74) is 1.28. The first-order chi connectivity index (χ1) is 14.6. The third kappa shape index (κ3) is 3.52. The van der Waals surface area contributed by atoms with Gasteiger partial charge in [-0.05, 0) is 38.0 Å². The van der Waals surface area contributed by atoms with Gasteiger partial charge in [0.25, 0.3) is 5.62 Å². The summed E-state index contributed by atoms with van der Waals surface area (Å²) in [4.78, 5) is 34.0. The van der Waals surface area contributed by atoms with Crippen LogP contribution in [-0.4, -0.2) is 45.7 Å². The van der Waals surface area contributed by atoms with Crippen molar-refractivity contribution in [3.05, 3.63) is 63.3 Å². The molecular weight excluding hydrogens is 388 g/mol. The molecule has 0 aromatic carbocycles. The topological polar surface area (TPSA) is 146 Å². The molecule has 11 heteroatoms. The maximum absolute atomic E-state index is 11.4. The first kappa shape index (κ1) is 18.0. The SMILES string of the molecule is CC(Oc1nc(=NC2CC2)n2ncc(=Cc3[nH]c(=O)[nH]c3O)c2n1)c1ccccn1. The average molecular weight is 406 g/mol. The Bertz CT molecular complexity index is 1380. The summed E-state index contributed by atoms with van der Waals surface area (Å²) >= 11 is 0. The van der Waals surface area contributed by atoms with Crippen molar-refractivity contribution in [1.82, 2.24) is 34.5 Å². The van der Waals surface area contributed by atoms with Gasteiger partial charge in [-0.1, -0.05) is 6.07 Å². The summed E-state index contributed by atoms with van der Waals surface area (Å²) in [6.07, 6.45) is 6.46. The smallest absolute Gasteiger partial charge is 0.326 e. The van der Waals surface area contributed by atoms with Gasteiger partial charge in [0, 0.05) is 11.4 Å². The van der Waals surface area contributed by atoms with E-state index in [9.17, 15) is 9.90 Å². The van der Waals surface area contributed by atoms with Gasteiger partial charge in [-0.2, -0.15) is 19.6 Å². The molecule has 1 atom stereocenters. The highest BCUT2D eigenvalue weighted by atomic mass is 16.5. The number of hydrogen-bond acceptors (Lipinski definition) is 8. The van der Waals surface area contributed by atoms with Crippen LogP contribution in [0.15, 0.2) is 40.4 Å². The summed E-state index contributed by atoms with van der Waals surface area (Å²) in [5, 5.41) is 14.7. The van der Waals surface area contributed by atoms with Gasteiger partial charge in [0.2, 0.25) is 5.88 Å². The highest BCUT2D eigenvalue weighted by molar-refractivity contribution is 5.56. The maximum Gasteiger partial charge on any atom is 0.326 e. The molecule has 1 aliphatic carbocycles. The highest BCUT2D eigenvalue weighted by Crippen LogP contribution is 2.22. The molecule has 0 amide bonds. The summed E-state index contributed by atoms with van der Waals surface area (Å²) in [7, 11) is 0. The lowest BCUT2D eigenvalue weighted by atomic mass is 10.2. The van der Waals surface area contributed by atoms with Gasteiger partial charge >= 0.3 is 11.7 Å². The summed E-state index contributed by atoms with van der Waals surface area (Å²) in [6, 6.07) is 5.93. The minimum Gasteiger partial charge on any atom is -0.493 e. The van der Waals surface area contributed by atoms with Crippen molar-refractivity contribution in [2.45, 2.75) is 31.9 Å². The number of hydrogen-bond donors (Lipinski definition) is 3. The Hall–Kier alpha value is -4.02. The molecule has 4 aromatic heterocycles. The molecule has 5 rings (SSSR count). The molecule has 0 spiro atoms. The Morgan fingerprint density at radius 2 is 2.20 bits per heavy atom. The number of rotatable bonds is 5. The van der Waals surface area contributed by atoms with E-state index in [2.05, 4.69) is 35.0 Å². The van der Waals surface area contributed by atoms with E-state index in [4.69, 9.17) is 4.74 Å². The van der Waals surface area contributed by atoms with Crippen molar-refractivity contribution in [3.63, 3.8) is 0 Å². The Labute approximate surface area is 168 Å². The number of fused-ring (bicyclic) bond motifs is 1. The number of H-pyrrole nitrogens is 2. The first-order valence-electron chi connectivity index (χ1n) is 9.47. The lowest BCUT2D eigenvalue weighted by Gasteiger charge is -2.12. The molecule has 0 radical (unpaired) electrons. The quantitative estimate of drug-likeness (QED) is 0.422. The van der Waals surface area contributed by atoms with Crippen LogP contribution in [0.3, 0.4) is 0 Å². The molecule has 30 heavy (non-hydrogen) atoms. The van der Waals surface area contributed by atoms with Crippen molar-refractivity contribution in [2.24, 2.45) is 4.99 Å². The molecule has 1 fully saturated rings. The van der Waals surface area contributed by atoms with E-state index in [1.807, 2.05) is 25.1 Å². The molecule has 11 nitrogen and oxygen atoms in total. The van der Waals surface area contributed by atoms with Crippen LogP contribution in [-0.2, 0) is 0 Å². The molecule has 1 unspecified atom stereocenters. The van der Waals surface area contributed by atoms with Crippen LogP contribution in [0.1, 0.15) is 37.3 Å². The van der Waals surface area contributed by atoms with Crippen molar-refractivity contribution in [1.29, 1.82) is 0 Å². The normalized spacial score (nSPS) is 16.3. The molecule has 0 saturated heterocycles. The summed E-state index contributed by atoms with van der Waals surface area (Å²) < 4.78 is 7.46. The Balaban J connectivity index is 1.63. The molecule has 1 saturated carbocycles. The van der Waals surface area contributed by atoms with Crippen LogP contribution in [0.25, 0.3) is 11.7 Å². The van der Waals surface area contributed by atoms with Gasteiger partial charge in [-0.3, -0.25) is 9.97 Å². The molecule has 0 bridgehead atoms. The lowest BCUT2D eigenvalue weighted by Crippen LogP contribution is -2.24. The van der Waals surface area contributed by atoms with Gasteiger partial charge in [-0.25, -0.2) is 9.79 Å². The van der Waals surface area contributed by atoms with Crippen LogP contribution in [0.2, 0.25) is 0 Å². The fourth-order valence-electron chi connectivity index (χ4n) is 2.95. The third-order valence-corrected chi connectivity index (χ3v) is 4.62. The second-order valence-corrected chi connectivity index (χ2v) is 7.00. The predicted octanol–water partition coefficient (Wildman–Crippen LogP) is -0.00790. The molecule has 1 aliphatic rings. The van der Waals surface area contributed by atoms with Crippen molar-refractivity contribution < 1.29 is 9.84 Å². The summed E-state index contributed by atoms with van der Waals surface area (Å²) in [5.74, 6) is -0.267.